The van der Waals surface area contributed by atoms with Crippen molar-refractivity contribution in [1.82, 2.24) is 0 Å². The lowest BCUT2D eigenvalue weighted by molar-refractivity contribution is 0.418. The van der Waals surface area contributed by atoms with E-state index in [1.165, 1.54) is 55.6 Å². The Morgan fingerprint density at radius 2 is 0.800 bits per heavy atom. The fourth-order valence-electron chi connectivity index (χ4n) is 9.96. The summed E-state index contributed by atoms with van der Waals surface area (Å²) >= 11 is 0. The van der Waals surface area contributed by atoms with Gasteiger partial charge in [0.25, 0.3) is 0 Å². The van der Waals surface area contributed by atoms with Crippen LogP contribution in [0.4, 0.5) is 17.1 Å². The molecule has 0 atom stereocenters. The van der Waals surface area contributed by atoms with E-state index in [2.05, 4.69) is 243 Å². The number of rotatable bonds is 7. The number of para-hydroxylation sites is 1. The summed E-state index contributed by atoms with van der Waals surface area (Å²) in [5.41, 5.74) is 17.2. The van der Waals surface area contributed by atoms with E-state index in [0.29, 0.717) is 0 Å². The molecule has 2 heteroatoms. The largest absolute Gasteiger partial charge is 0.457 e. The van der Waals surface area contributed by atoms with Gasteiger partial charge in [-0.3, -0.25) is 0 Å². The third-order valence-corrected chi connectivity index (χ3v) is 12.8. The predicted octanol–water partition coefficient (Wildman–Crippen LogP) is 15.3. The Balaban J connectivity index is 1.10. The normalized spacial score (nSPS) is 13.9. The summed E-state index contributed by atoms with van der Waals surface area (Å²) in [5, 5.41) is 0. The predicted molar refractivity (Wildman–Crippen MR) is 248 cm³/mol. The molecule has 0 saturated heterocycles. The fraction of sp³-hybridized carbons (Fsp3) is 0.0690. The van der Waals surface area contributed by atoms with Crippen LogP contribution in [0.25, 0.3) is 33.4 Å². The molecule has 2 aliphatic rings. The van der Waals surface area contributed by atoms with Crippen LogP contribution in [0.15, 0.2) is 224 Å². The van der Waals surface area contributed by atoms with Gasteiger partial charge in [0.15, 0.2) is 0 Å². The Kier molecular flexibility index (Phi) is 8.42. The van der Waals surface area contributed by atoms with Gasteiger partial charge in [0.05, 0.1) is 5.41 Å². The van der Waals surface area contributed by atoms with Crippen LogP contribution in [0.2, 0.25) is 0 Å². The molecule has 1 aliphatic carbocycles. The second kappa shape index (κ2) is 14.1. The van der Waals surface area contributed by atoms with Crippen LogP contribution in [0.5, 0.6) is 11.5 Å². The van der Waals surface area contributed by atoms with Crippen LogP contribution in [0.3, 0.4) is 0 Å². The Morgan fingerprint density at radius 3 is 1.47 bits per heavy atom. The third kappa shape index (κ3) is 5.63. The van der Waals surface area contributed by atoms with Crippen molar-refractivity contribution in [3.05, 3.63) is 258 Å². The summed E-state index contributed by atoms with van der Waals surface area (Å²) in [6.07, 6.45) is 0. The number of hydrogen-bond acceptors (Lipinski definition) is 2. The summed E-state index contributed by atoms with van der Waals surface area (Å²) in [6.45, 7) is 4.57. The van der Waals surface area contributed by atoms with Crippen molar-refractivity contribution in [2.45, 2.75) is 24.7 Å². The molecule has 9 aromatic carbocycles. The van der Waals surface area contributed by atoms with E-state index in [4.69, 9.17) is 4.74 Å². The summed E-state index contributed by atoms with van der Waals surface area (Å²) in [4.78, 5) is 2.42. The monoisotopic (exact) mass is 769 g/mol. The molecule has 0 aromatic heterocycles. The van der Waals surface area contributed by atoms with Gasteiger partial charge in [0.2, 0.25) is 0 Å². The van der Waals surface area contributed by atoms with E-state index in [1.54, 1.807) is 0 Å². The zero-order valence-corrected chi connectivity index (χ0v) is 33.7. The molecule has 60 heavy (non-hydrogen) atoms. The quantitative estimate of drug-likeness (QED) is 0.160. The molecule has 0 spiro atoms. The van der Waals surface area contributed by atoms with E-state index >= 15 is 0 Å². The van der Waals surface area contributed by atoms with Crippen molar-refractivity contribution in [2.24, 2.45) is 0 Å². The Morgan fingerprint density at radius 1 is 0.333 bits per heavy atom. The lowest BCUT2D eigenvalue weighted by atomic mass is 9.67. The van der Waals surface area contributed by atoms with Gasteiger partial charge in [-0.1, -0.05) is 190 Å². The van der Waals surface area contributed by atoms with Gasteiger partial charge >= 0.3 is 0 Å². The van der Waals surface area contributed by atoms with Gasteiger partial charge in [0, 0.05) is 33.6 Å². The van der Waals surface area contributed by atoms with Gasteiger partial charge in [-0.15, -0.1) is 0 Å². The highest BCUT2D eigenvalue weighted by atomic mass is 16.5. The van der Waals surface area contributed by atoms with Crippen molar-refractivity contribution < 1.29 is 4.74 Å². The third-order valence-electron chi connectivity index (χ3n) is 12.8. The smallest absolute Gasteiger partial charge is 0.132 e. The topological polar surface area (TPSA) is 12.5 Å². The molecule has 286 valence electrons. The van der Waals surface area contributed by atoms with Crippen LogP contribution < -0.4 is 9.64 Å². The van der Waals surface area contributed by atoms with E-state index in [9.17, 15) is 0 Å². The number of ether oxygens (including phenoxy) is 1. The molecule has 2 nitrogen and oxygen atoms in total. The molecule has 0 bridgehead atoms. The van der Waals surface area contributed by atoms with Crippen molar-refractivity contribution in [2.75, 3.05) is 4.90 Å². The summed E-state index contributed by atoms with van der Waals surface area (Å²) in [6, 6.07) is 81.8. The van der Waals surface area contributed by atoms with Crippen LogP contribution in [0, 0.1) is 0 Å². The molecule has 0 unspecified atom stereocenters. The Labute approximate surface area is 352 Å². The molecule has 9 aromatic rings. The lowest BCUT2D eigenvalue weighted by Crippen LogP contribution is -2.28. The molecular weight excluding hydrogens is 727 g/mol. The van der Waals surface area contributed by atoms with Gasteiger partial charge in [0.1, 0.15) is 11.5 Å². The molecule has 11 rings (SSSR count). The van der Waals surface area contributed by atoms with E-state index < -0.39 is 5.41 Å². The van der Waals surface area contributed by atoms with E-state index in [-0.39, 0.29) is 5.41 Å². The maximum absolute atomic E-state index is 6.59. The van der Waals surface area contributed by atoms with Gasteiger partial charge < -0.3 is 9.64 Å². The molecule has 0 N–H and O–H groups in total. The fourth-order valence-corrected chi connectivity index (χ4v) is 9.96. The first-order valence-corrected chi connectivity index (χ1v) is 20.8. The number of fused-ring (bicyclic) bond motifs is 5. The Bertz CT molecular complexity index is 3010. The molecule has 0 fully saturated rings. The second-order valence-electron chi connectivity index (χ2n) is 16.5. The van der Waals surface area contributed by atoms with Crippen LogP contribution in [-0.2, 0) is 10.8 Å². The number of benzene rings is 9. The molecule has 0 saturated carbocycles. The number of nitrogens with zero attached hydrogens (tertiary/aromatic N) is 1. The molecule has 1 aliphatic heterocycles. The van der Waals surface area contributed by atoms with Crippen molar-refractivity contribution in [1.29, 1.82) is 0 Å². The maximum atomic E-state index is 6.59. The lowest BCUT2D eigenvalue weighted by Gasteiger charge is -2.35. The minimum absolute atomic E-state index is 0.173. The summed E-state index contributed by atoms with van der Waals surface area (Å²) < 4.78 is 6.59. The van der Waals surface area contributed by atoms with Gasteiger partial charge in [-0.2, -0.15) is 0 Å². The van der Waals surface area contributed by atoms with E-state index in [1.807, 2.05) is 0 Å². The zero-order chi connectivity index (χ0) is 40.3. The molecule has 0 amide bonds. The van der Waals surface area contributed by atoms with Crippen LogP contribution in [-0.4, -0.2) is 0 Å². The van der Waals surface area contributed by atoms with Crippen LogP contribution >= 0.6 is 0 Å². The molecular formula is C58H43NO. The maximum Gasteiger partial charge on any atom is 0.132 e. The highest BCUT2D eigenvalue weighted by molar-refractivity contribution is 5.88. The van der Waals surface area contributed by atoms with Gasteiger partial charge in [-0.25, -0.2) is 0 Å². The van der Waals surface area contributed by atoms with Crippen LogP contribution in [0.1, 0.15) is 47.2 Å². The molecule has 1 heterocycles. The minimum Gasteiger partial charge on any atom is -0.457 e. The zero-order valence-electron chi connectivity index (χ0n) is 33.7. The number of anilines is 3. The average Bonchev–Trinajstić information content (AvgIpc) is 3.61. The van der Waals surface area contributed by atoms with Crippen molar-refractivity contribution >= 4 is 17.1 Å². The number of hydrogen-bond donors (Lipinski definition) is 0. The van der Waals surface area contributed by atoms with Crippen molar-refractivity contribution in [3.8, 4) is 44.9 Å². The first kappa shape index (κ1) is 35.7. The first-order chi connectivity index (χ1) is 29.5. The molecule has 0 radical (unpaired) electrons. The average molecular weight is 770 g/mol. The Hall–Kier alpha value is -7.42. The first-order valence-electron chi connectivity index (χ1n) is 20.8. The van der Waals surface area contributed by atoms with Crippen molar-refractivity contribution in [3.63, 3.8) is 0 Å². The second-order valence-corrected chi connectivity index (χ2v) is 16.5. The van der Waals surface area contributed by atoms with Gasteiger partial charge in [-0.05, 0) is 104 Å². The summed E-state index contributed by atoms with van der Waals surface area (Å²) in [7, 11) is 0. The minimum atomic E-state index is -0.514. The highest BCUT2D eigenvalue weighted by Crippen LogP contribution is 2.57. The highest BCUT2D eigenvalue weighted by Gasteiger charge is 2.46. The van der Waals surface area contributed by atoms with E-state index in [0.717, 1.165) is 39.7 Å². The summed E-state index contributed by atoms with van der Waals surface area (Å²) in [5.74, 6) is 1.83. The standard InChI is InChI=1S/C58H43NO/c1-57(2)53-32-13-14-33-55(53)60-56-38-43(34-35-54(56)57)42-21-16-26-47(37-42)59(46-25-15-20-41(36-46)40-18-5-3-6-19-40)48-27-17-24-45(39-48)58(44-22-7-4-8-23-44)51-30-11-9-28-49(51)50-29-10-12-31-52(50)58/h3-39H,1-2H3. The SMILES string of the molecule is CC1(C)c2ccccc2Oc2cc(-c3cccc(N(c4cccc(-c5ccccc5)c4)c4cccc(C5(c6ccccc6)c6ccccc6-c6ccccc65)c4)c3)ccc21.